The molecule has 0 saturated heterocycles. The molecule has 0 fully saturated rings. The van der Waals surface area contributed by atoms with E-state index in [-0.39, 0.29) is 0 Å². The van der Waals surface area contributed by atoms with Crippen LogP contribution in [0.25, 0.3) is 22.4 Å². The molecule has 0 amide bonds. The number of hydrogen-bond donors (Lipinski definition) is 0. The second-order valence-corrected chi connectivity index (χ2v) is 9.69. The van der Waals surface area contributed by atoms with Gasteiger partial charge in [-0.15, -0.1) is 0 Å². The van der Waals surface area contributed by atoms with Crippen LogP contribution in [0.1, 0.15) is 25.3 Å². The summed E-state index contributed by atoms with van der Waals surface area (Å²) in [4.78, 5) is 33.5. The number of fused-ring (bicyclic) bond motifs is 1. The summed E-state index contributed by atoms with van der Waals surface area (Å²) in [5.74, 6) is -0.960. The fourth-order valence-corrected chi connectivity index (χ4v) is 5.35. The molecule has 0 N–H and O–H groups in total. The molecule has 7 nitrogen and oxygen atoms in total. The Bertz CT molecular complexity index is 1580. The fraction of sp³-hybridized carbons (Fsp3) is 0.194. The molecule has 1 aliphatic rings. The second kappa shape index (κ2) is 10.8. The Hall–Kier alpha value is -4.36. The van der Waals surface area contributed by atoms with E-state index in [1.807, 2.05) is 85.5 Å². The maximum absolute atomic E-state index is 13.3. The molecule has 4 aromatic rings. The van der Waals surface area contributed by atoms with Crippen molar-refractivity contribution < 1.29 is 19.1 Å². The molecule has 198 valence electrons. The lowest BCUT2D eigenvalue weighted by molar-refractivity contribution is -0.137. The number of para-hydroxylation sites is 2. The summed E-state index contributed by atoms with van der Waals surface area (Å²) in [6.45, 7) is 4.04. The molecule has 0 aliphatic carbocycles. The van der Waals surface area contributed by atoms with Crippen LogP contribution in [0.4, 0.5) is 0 Å². The van der Waals surface area contributed by atoms with Gasteiger partial charge in [0.1, 0.15) is 12.5 Å². The van der Waals surface area contributed by atoms with Gasteiger partial charge in [-0.25, -0.2) is 14.6 Å². The van der Waals surface area contributed by atoms with Crippen LogP contribution < -0.4 is 0 Å². The van der Waals surface area contributed by atoms with Crippen molar-refractivity contribution in [1.82, 2.24) is 14.5 Å². The van der Waals surface area contributed by atoms with Crippen LogP contribution in [0.2, 0.25) is 5.02 Å². The number of esters is 2. The third kappa shape index (κ3) is 4.70. The standard InChI is InChI=1S/C31H28ClN3O4/c1-19-26(30(36)38-3)28(21-14-16-23(32)17-15-21)27(31(37)39-4)20(2)34(19)18-35-25-13-9-8-12-24(25)33-29(35)22-10-6-5-7-11-22/h5-17,28H,18H2,1-4H3. The minimum atomic E-state index is -0.688. The quantitative estimate of drug-likeness (QED) is 0.266. The lowest BCUT2D eigenvalue weighted by Gasteiger charge is -2.38. The first-order valence-electron chi connectivity index (χ1n) is 12.5. The molecule has 39 heavy (non-hydrogen) atoms. The van der Waals surface area contributed by atoms with Crippen molar-refractivity contribution in [2.75, 3.05) is 14.2 Å². The van der Waals surface area contributed by atoms with Crippen molar-refractivity contribution in [3.8, 4) is 11.4 Å². The van der Waals surface area contributed by atoms with Crippen molar-refractivity contribution in [3.63, 3.8) is 0 Å². The number of methoxy groups -OCH3 is 2. The van der Waals surface area contributed by atoms with E-state index < -0.39 is 17.9 Å². The first kappa shape index (κ1) is 26.3. The number of ether oxygens (including phenoxy) is 2. The van der Waals surface area contributed by atoms with Gasteiger partial charge >= 0.3 is 11.9 Å². The van der Waals surface area contributed by atoms with Crippen molar-refractivity contribution in [1.29, 1.82) is 0 Å². The molecule has 3 aromatic carbocycles. The van der Waals surface area contributed by atoms with Crippen LogP contribution in [0.15, 0.2) is 101 Å². The number of carbonyl (C=O) groups is 2. The van der Waals surface area contributed by atoms with Gasteiger partial charge in [0.05, 0.1) is 42.3 Å². The van der Waals surface area contributed by atoms with E-state index in [4.69, 9.17) is 26.1 Å². The van der Waals surface area contributed by atoms with Crippen molar-refractivity contribution >= 4 is 34.6 Å². The Labute approximate surface area is 231 Å². The number of hydrogen-bond acceptors (Lipinski definition) is 6. The van der Waals surface area contributed by atoms with Gasteiger partial charge in [0, 0.05) is 22.0 Å². The third-order valence-corrected chi connectivity index (χ3v) is 7.40. The topological polar surface area (TPSA) is 73.7 Å². The van der Waals surface area contributed by atoms with Crippen LogP contribution >= 0.6 is 11.6 Å². The van der Waals surface area contributed by atoms with Crippen molar-refractivity contribution in [2.45, 2.75) is 26.4 Å². The summed E-state index contributed by atoms with van der Waals surface area (Å²) in [7, 11) is 2.68. The second-order valence-electron chi connectivity index (χ2n) is 9.25. The first-order chi connectivity index (χ1) is 18.8. The van der Waals surface area contributed by atoms with Gasteiger partial charge in [0.15, 0.2) is 0 Å². The summed E-state index contributed by atoms with van der Waals surface area (Å²) in [5, 5.41) is 0.553. The monoisotopic (exact) mass is 541 g/mol. The molecule has 1 aliphatic heterocycles. The maximum atomic E-state index is 13.3. The van der Waals surface area contributed by atoms with Gasteiger partial charge in [-0.3, -0.25) is 0 Å². The largest absolute Gasteiger partial charge is 0.466 e. The third-order valence-electron chi connectivity index (χ3n) is 7.15. The highest BCUT2D eigenvalue weighted by molar-refractivity contribution is 6.30. The number of halogens is 1. The van der Waals surface area contributed by atoms with Gasteiger partial charge in [-0.2, -0.15) is 0 Å². The highest BCUT2D eigenvalue weighted by atomic mass is 35.5. The van der Waals surface area contributed by atoms with E-state index in [0.717, 1.165) is 28.0 Å². The van der Waals surface area contributed by atoms with Crippen LogP contribution in [0.5, 0.6) is 0 Å². The Morgan fingerprint density at radius 1 is 0.821 bits per heavy atom. The number of aromatic nitrogens is 2. The lowest BCUT2D eigenvalue weighted by atomic mass is 9.80. The van der Waals surface area contributed by atoms with Gasteiger partial charge in [-0.05, 0) is 43.7 Å². The zero-order valence-electron chi connectivity index (χ0n) is 22.1. The van der Waals surface area contributed by atoms with E-state index in [1.54, 1.807) is 12.1 Å². The molecule has 0 unspecified atom stereocenters. The smallest absolute Gasteiger partial charge is 0.336 e. The number of allylic oxidation sites excluding steroid dienone is 2. The Balaban J connectivity index is 1.73. The summed E-state index contributed by atoms with van der Waals surface area (Å²) in [6.07, 6.45) is 0. The van der Waals surface area contributed by atoms with E-state index in [0.29, 0.717) is 34.2 Å². The fourth-order valence-electron chi connectivity index (χ4n) is 5.22. The zero-order valence-corrected chi connectivity index (χ0v) is 22.9. The minimum Gasteiger partial charge on any atom is -0.466 e. The molecule has 2 heterocycles. The Morgan fingerprint density at radius 3 is 1.97 bits per heavy atom. The van der Waals surface area contributed by atoms with E-state index in [2.05, 4.69) is 4.57 Å². The first-order valence-corrected chi connectivity index (χ1v) is 12.8. The number of imidazole rings is 1. The van der Waals surface area contributed by atoms with Crippen LogP contribution in [-0.2, 0) is 25.7 Å². The van der Waals surface area contributed by atoms with Crippen molar-refractivity contribution in [3.05, 3.63) is 112 Å². The molecule has 0 bridgehead atoms. The van der Waals surface area contributed by atoms with Crippen molar-refractivity contribution in [2.24, 2.45) is 0 Å². The predicted octanol–water partition coefficient (Wildman–Crippen LogP) is 6.31. The predicted molar refractivity (Wildman–Crippen MR) is 151 cm³/mol. The molecular weight excluding hydrogens is 514 g/mol. The molecule has 5 rings (SSSR count). The van der Waals surface area contributed by atoms with E-state index in [1.165, 1.54) is 14.2 Å². The van der Waals surface area contributed by atoms with Crippen LogP contribution in [0, 0.1) is 0 Å². The van der Waals surface area contributed by atoms with Crippen LogP contribution in [0.3, 0.4) is 0 Å². The molecule has 8 heteroatoms. The average molecular weight is 542 g/mol. The molecule has 0 saturated carbocycles. The summed E-state index contributed by atoms with van der Waals surface area (Å²) in [5.41, 5.74) is 5.51. The van der Waals surface area contributed by atoms with E-state index in [9.17, 15) is 9.59 Å². The van der Waals surface area contributed by atoms with Gasteiger partial charge in [0.2, 0.25) is 0 Å². The number of rotatable bonds is 6. The molecule has 0 radical (unpaired) electrons. The average Bonchev–Trinajstić information content (AvgIpc) is 3.33. The Kier molecular flexibility index (Phi) is 7.26. The van der Waals surface area contributed by atoms with Gasteiger partial charge < -0.3 is 18.9 Å². The molecular formula is C31H28ClN3O4. The Morgan fingerprint density at radius 2 is 1.38 bits per heavy atom. The maximum Gasteiger partial charge on any atom is 0.336 e. The van der Waals surface area contributed by atoms with E-state index >= 15 is 0 Å². The van der Waals surface area contributed by atoms with Crippen LogP contribution in [-0.4, -0.2) is 40.6 Å². The van der Waals surface area contributed by atoms with Gasteiger partial charge in [0.25, 0.3) is 0 Å². The molecule has 0 atom stereocenters. The normalized spacial score (nSPS) is 14.2. The summed E-state index contributed by atoms with van der Waals surface area (Å²) >= 11 is 6.15. The highest BCUT2D eigenvalue weighted by Gasteiger charge is 2.40. The zero-order chi connectivity index (χ0) is 27.7. The number of carbonyl (C=O) groups excluding carboxylic acids is 2. The molecule has 1 aromatic heterocycles. The highest BCUT2D eigenvalue weighted by Crippen LogP contribution is 2.43. The minimum absolute atomic E-state index is 0.302. The summed E-state index contributed by atoms with van der Waals surface area (Å²) in [6, 6.07) is 24.9. The van der Waals surface area contributed by atoms with Gasteiger partial charge in [-0.1, -0.05) is 66.2 Å². The number of nitrogens with zero attached hydrogens (tertiary/aromatic N) is 3. The number of benzene rings is 3. The summed E-state index contributed by atoms with van der Waals surface area (Å²) < 4.78 is 12.6. The lowest BCUT2D eigenvalue weighted by Crippen LogP contribution is -2.36. The molecule has 0 spiro atoms. The SMILES string of the molecule is COC(=O)C1=C(C)N(Cn2c(-c3ccccc3)nc3ccccc32)C(C)=C(C(=O)OC)C1c1ccc(Cl)cc1.